The monoisotopic (exact) mass is 295 g/mol. The molecule has 0 aromatic heterocycles. The molecule has 1 aromatic rings. The van der Waals surface area contributed by atoms with Gasteiger partial charge in [0.2, 0.25) is 5.91 Å². The number of thiol groups is 1. The first kappa shape index (κ1) is 15.0. The molecule has 0 aliphatic carbocycles. The van der Waals surface area contributed by atoms with Crippen LogP contribution in [0.2, 0.25) is 0 Å². The van der Waals surface area contributed by atoms with Gasteiger partial charge in [0.05, 0.1) is 14.2 Å². The Labute approximate surface area is 125 Å². The Balaban J connectivity index is 1.98. The van der Waals surface area contributed by atoms with Crippen LogP contribution in [-0.2, 0) is 11.2 Å². The highest BCUT2D eigenvalue weighted by atomic mass is 32.1. The van der Waals surface area contributed by atoms with E-state index in [0.717, 1.165) is 42.3 Å². The lowest BCUT2D eigenvalue weighted by Gasteiger charge is -2.17. The third kappa shape index (κ3) is 3.60. The predicted molar refractivity (Wildman–Crippen MR) is 81.8 cm³/mol. The van der Waals surface area contributed by atoms with Crippen molar-refractivity contribution < 1.29 is 14.3 Å². The zero-order valence-electron chi connectivity index (χ0n) is 12.0. The summed E-state index contributed by atoms with van der Waals surface area (Å²) in [6, 6.07) is 5.82. The largest absolute Gasteiger partial charge is 0.497 e. The van der Waals surface area contributed by atoms with Gasteiger partial charge < -0.3 is 14.4 Å². The van der Waals surface area contributed by atoms with E-state index in [0.29, 0.717) is 12.3 Å². The molecule has 1 fully saturated rings. The fourth-order valence-electron chi connectivity index (χ4n) is 2.47. The summed E-state index contributed by atoms with van der Waals surface area (Å²) in [7, 11) is 3.28. The van der Waals surface area contributed by atoms with Crippen molar-refractivity contribution in [3.8, 4) is 11.5 Å². The van der Waals surface area contributed by atoms with Crippen LogP contribution in [-0.4, -0.2) is 43.9 Å². The number of rotatable bonds is 6. The fraction of sp³-hybridized carbons (Fsp3) is 0.533. The summed E-state index contributed by atoms with van der Waals surface area (Å²) in [5.41, 5.74) is 1.11. The standard InChI is InChI=1S/C15H21NO3S/c1-18-13-5-11(6-14(8-13)19-2)3-4-16-9-12(10-20)7-15(16)17/h5-6,8,12,20H,3-4,7,9-10H2,1-2H3. The number of carbonyl (C=O) groups excluding carboxylic acids is 1. The highest BCUT2D eigenvalue weighted by Gasteiger charge is 2.27. The Hall–Kier alpha value is -1.36. The van der Waals surface area contributed by atoms with Crippen molar-refractivity contribution in [3.63, 3.8) is 0 Å². The highest BCUT2D eigenvalue weighted by Crippen LogP contribution is 2.24. The van der Waals surface area contributed by atoms with Gasteiger partial charge in [-0.2, -0.15) is 12.6 Å². The summed E-state index contributed by atoms with van der Waals surface area (Å²) in [6.07, 6.45) is 1.43. The SMILES string of the molecule is COc1cc(CCN2CC(CS)CC2=O)cc(OC)c1. The number of methoxy groups -OCH3 is 2. The van der Waals surface area contributed by atoms with Gasteiger partial charge >= 0.3 is 0 Å². The molecule has 1 aromatic carbocycles. The van der Waals surface area contributed by atoms with Crippen molar-refractivity contribution >= 4 is 18.5 Å². The van der Waals surface area contributed by atoms with E-state index in [1.165, 1.54) is 0 Å². The number of carbonyl (C=O) groups is 1. The molecule has 0 N–H and O–H groups in total. The minimum atomic E-state index is 0.235. The van der Waals surface area contributed by atoms with Crippen LogP contribution >= 0.6 is 12.6 Å². The van der Waals surface area contributed by atoms with Gasteiger partial charge in [0, 0.05) is 25.6 Å². The van der Waals surface area contributed by atoms with Crippen molar-refractivity contribution in [3.05, 3.63) is 23.8 Å². The molecule has 1 amide bonds. The third-order valence-corrected chi connectivity index (χ3v) is 4.15. The Morgan fingerprint density at radius 1 is 1.25 bits per heavy atom. The van der Waals surface area contributed by atoms with E-state index in [9.17, 15) is 4.79 Å². The van der Waals surface area contributed by atoms with Crippen LogP contribution in [0.25, 0.3) is 0 Å². The van der Waals surface area contributed by atoms with E-state index in [1.54, 1.807) is 14.2 Å². The maximum Gasteiger partial charge on any atom is 0.222 e. The number of hydrogen-bond acceptors (Lipinski definition) is 4. The molecule has 2 rings (SSSR count). The number of hydrogen-bond donors (Lipinski definition) is 1. The molecule has 1 aliphatic heterocycles. The van der Waals surface area contributed by atoms with E-state index < -0.39 is 0 Å². The average Bonchev–Trinajstić information content (AvgIpc) is 2.85. The van der Waals surface area contributed by atoms with Gasteiger partial charge in [-0.15, -0.1) is 0 Å². The molecule has 1 aliphatic rings. The molecule has 1 atom stereocenters. The van der Waals surface area contributed by atoms with Gasteiger partial charge in [0.25, 0.3) is 0 Å². The Morgan fingerprint density at radius 2 is 1.90 bits per heavy atom. The Morgan fingerprint density at radius 3 is 2.40 bits per heavy atom. The molecule has 1 unspecified atom stereocenters. The Bertz CT molecular complexity index is 456. The van der Waals surface area contributed by atoms with Gasteiger partial charge in [-0.25, -0.2) is 0 Å². The summed E-state index contributed by atoms with van der Waals surface area (Å²) >= 11 is 4.28. The fourth-order valence-corrected chi connectivity index (χ4v) is 2.71. The summed E-state index contributed by atoms with van der Waals surface area (Å²) in [5.74, 6) is 2.96. The smallest absolute Gasteiger partial charge is 0.222 e. The van der Waals surface area contributed by atoms with E-state index in [4.69, 9.17) is 9.47 Å². The van der Waals surface area contributed by atoms with Crippen molar-refractivity contribution in [1.29, 1.82) is 0 Å². The predicted octanol–water partition coefficient (Wildman–Crippen LogP) is 2.02. The van der Waals surface area contributed by atoms with Crippen molar-refractivity contribution in [1.82, 2.24) is 4.90 Å². The number of likely N-dealkylation sites (tertiary alicyclic amines) is 1. The van der Waals surface area contributed by atoms with Gasteiger partial charge in [-0.1, -0.05) is 0 Å². The molecule has 0 saturated carbocycles. The van der Waals surface area contributed by atoms with Crippen LogP contribution in [0.3, 0.4) is 0 Å². The Kier molecular flexibility index (Phi) is 5.17. The van der Waals surface area contributed by atoms with E-state index in [2.05, 4.69) is 12.6 Å². The first-order valence-corrected chi connectivity index (χ1v) is 7.40. The molecular weight excluding hydrogens is 274 g/mol. The molecule has 5 heteroatoms. The van der Waals surface area contributed by atoms with Crippen LogP contribution in [0.15, 0.2) is 18.2 Å². The second-order valence-corrected chi connectivity index (χ2v) is 5.43. The molecule has 0 bridgehead atoms. The van der Waals surface area contributed by atoms with Gasteiger partial charge in [0.1, 0.15) is 11.5 Å². The second kappa shape index (κ2) is 6.88. The maximum absolute atomic E-state index is 11.9. The van der Waals surface area contributed by atoms with E-state index in [1.807, 2.05) is 23.1 Å². The molecule has 4 nitrogen and oxygen atoms in total. The molecular formula is C15H21NO3S. The first-order chi connectivity index (χ1) is 9.66. The lowest BCUT2D eigenvalue weighted by molar-refractivity contribution is -0.127. The lowest BCUT2D eigenvalue weighted by atomic mass is 10.1. The zero-order chi connectivity index (χ0) is 14.5. The van der Waals surface area contributed by atoms with Gasteiger partial charge in [-0.3, -0.25) is 4.79 Å². The number of ether oxygens (including phenoxy) is 2. The van der Waals surface area contributed by atoms with Crippen molar-refractivity contribution in [2.75, 3.05) is 33.1 Å². The van der Waals surface area contributed by atoms with Crippen LogP contribution in [0.5, 0.6) is 11.5 Å². The lowest BCUT2D eigenvalue weighted by Crippen LogP contribution is -2.27. The van der Waals surface area contributed by atoms with Crippen molar-refractivity contribution in [2.24, 2.45) is 5.92 Å². The maximum atomic E-state index is 11.9. The number of amides is 1. The third-order valence-electron chi connectivity index (χ3n) is 3.63. The summed E-state index contributed by atoms with van der Waals surface area (Å²) in [6.45, 7) is 1.56. The highest BCUT2D eigenvalue weighted by molar-refractivity contribution is 7.80. The average molecular weight is 295 g/mol. The number of benzene rings is 1. The zero-order valence-corrected chi connectivity index (χ0v) is 12.9. The van der Waals surface area contributed by atoms with Crippen LogP contribution in [0.1, 0.15) is 12.0 Å². The van der Waals surface area contributed by atoms with Gasteiger partial charge in [0.15, 0.2) is 0 Å². The van der Waals surface area contributed by atoms with E-state index >= 15 is 0 Å². The molecule has 20 heavy (non-hydrogen) atoms. The molecule has 0 radical (unpaired) electrons. The topological polar surface area (TPSA) is 38.8 Å². The summed E-state index contributed by atoms with van der Waals surface area (Å²) < 4.78 is 10.5. The minimum absolute atomic E-state index is 0.235. The van der Waals surface area contributed by atoms with E-state index in [-0.39, 0.29) is 5.91 Å². The molecule has 1 saturated heterocycles. The quantitative estimate of drug-likeness (QED) is 0.816. The minimum Gasteiger partial charge on any atom is -0.497 e. The van der Waals surface area contributed by atoms with Crippen molar-refractivity contribution in [2.45, 2.75) is 12.8 Å². The molecule has 0 spiro atoms. The summed E-state index contributed by atoms with van der Waals surface area (Å²) in [4.78, 5) is 13.8. The summed E-state index contributed by atoms with van der Waals surface area (Å²) in [5, 5.41) is 0. The van der Waals surface area contributed by atoms with Crippen LogP contribution < -0.4 is 9.47 Å². The van der Waals surface area contributed by atoms with Crippen LogP contribution in [0, 0.1) is 5.92 Å². The molecule has 1 heterocycles. The second-order valence-electron chi connectivity index (χ2n) is 5.06. The first-order valence-electron chi connectivity index (χ1n) is 6.77. The van der Waals surface area contributed by atoms with Crippen LogP contribution in [0.4, 0.5) is 0 Å². The number of nitrogens with zero attached hydrogens (tertiary/aromatic N) is 1. The molecule has 110 valence electrons. The normalized spacial score (nSPS) is 18.4. The van der Waals surface area contributed by atoms with Gasteiger partial charge in [-0.05, 0) is 35.8 Å².